The van der Waals surface area contributed by atoms with E-state index in [2.05, 4.69) is 16.9 Å². The van der Waals surface area contributed by atoms with Crippen molar-refractivity contribution >= 4 is 17.7 Å². The Labute approximate surface area is 129 Å². The van der Waals surface area contributed by atoms with Gasteiger partial charge in [-0.15, -0.1) is 0 Å². The van der Waals surface area contributed by atoms with Crippen LogP contribution in [0.4, 0.5) is 0 Å². The van der Waals surface area contributed by atoms with Crippen LogP contribution in [0.25, 0.3) is 0 Å². The van der Waals surface area contributed by atoms with E-state index in [1.54, 1.807) is 24.9 Å². The topological polar surface area (TPSA) is 56.1 Å². The fourth-order valence-corrected chi connectivity index (χ4v) is 2.81. The number of aromatic nitrogens is 2. The Bertz CT molecular complexity index is 557. The summed E-state index contributed by atoms with van der Waals surface area (Å²) in [6, 6.07) is 0. The average molecular weight is 307 g/mol. The summed E-state index contributed by atoms with van der Waals surface area (Å²) in [6.07, 6.45) is 7.23. The maximum absolute atomic E-state index is 11.3. The summed E-state index contributed by atoms with van der Waals surface area (Å²) < 4.78 is 7.08. The third-order valence-electron chi connectivity index (χ3n) is 3.22. The number of rotatable bonds is 7. The summed E-state index contributed by atoms with van der Waals surface area (Å²) in [5.41, 5.74) is 1.85. The lowest BCUT2D eigenvalue weighted by atomic mass is 9.93. The summed E-state index contributed by atoms with van der Waals surface area (Å²) in [6.45, 7) is 6.14. The molecule has 1 aliphatic carbocycles. The lowest BCUT2D eigenvalue weighted by molar-refractivity contribution is -0.138. The van der Waals surface area contributed by atoms with Crippen molar-refractivity contribution in [3.05, 3.63) is 35.1 Å². The van der Waals surface area contributed by atoms with Gasteiger partial charge in [-0.05, 0) is 43.5 Å². The maximum Gasteiger partial charge on any atom is 0.333 e. The van der Waals surface area contributed by atoms with Gasteiger partial charge in [-0.25, -0.2) is 9.78 Å². The standard InChI is InChI=1S/C15H21N3O2S/c1-11(2)14(19)20-10-8-16-13(12-5-4-6-12)21-15-17-7-9-18(15)3/h7,9,16H,1,4-6,8,10H2,2-3H3. The van der Waals surface area contributed by atoms with Gasteiger partial charge >= 0.3 is 5.97 Å². The number of nitrogens with zero attached hydrogens (tertiary/aromatic N) is 2. The highest BCUT2D eigenvalue weighted by Crippen LogP contribution is 2.35. The van der Waals surface area contributed by atoms with Crippen LogP contribution in [0.2, 0.25) is 0 Å². The number of esters is 1. The molecule has 0 radical (unpaired) electrons. The molecule has 21 heavy (non-hydrogen) atoms. The normalized spacial score (nSPS) is 13.5. The van der Waals surface area contributed by atoms with E-state index in [4.69, 9.17) is 4.74 Å². The van der Waals surface area contributed by atoms with E-state index in [1.165, 1.54) is 12.0 Å². The van der Waals surface area contributed by atoms with E-state index in [0.29, 0.717) is 18.7 Å². The van der Waals surface area contributed by atoms with Crippen LogP contribution in [-0.2, 0) is 16.6 Å². The Morgan fingerprint density at radius 2 is 2.33 bits per heavy atom. The summed E-state index contributed by atoms with van der Waals surface area (Å²) >= 11 is 1.63. The molecule has 0 aromatic carbocycles. The van der Waals surface area contributed by atoms with Crippen LogP contribution in [0.5, 0.6) is 0 Å². The molecule has 1 saturated carbocycles. The molecule has 1 aliphatic rings. The number of nitrogens with one attached hydrogen (secondary N) is 1. The smallest absolute Gasteiger partial charge is 0.333 e. The molecule has 6 heteroatoms. The number of hydrogen-bond acceptors (Lipinski definition) is 5. The van der Waals surface area contributed by atoms with E-state index in [0.717, 1.165) is 23.0 Å². The van der Waals surface area contributed by atoms with Crippen LogP contribution in [0.3, 0.4) is 0 Å². The minimum absolute atomic E-state index is 0.337. The molecule has 1 aromatic rings. The van der Waals surface area contributed by atoms with Gasteiger partial charge in [0.1, 0.15) is 6.61 Å². The highest BCUT2D eigenvalue weighted by Gasteiger charge is 2.17. The number of aryl methyl sites for hydroxylation is 1. The largest absolute Gasteiger partial charge is 0.460 e. The molecule has 1 heterocycles. The molecule has 0 aliphatic heterocycles. The average Bonchev–Trinajstić information content (AvgIpc) is 2.77. The number of thioether (sulfide) groups is 1. The minimum Gasteiger partial charge on any atom is -0.460 e. The van der Waals surface area contributed by atoms with Crippen molar-refractivity contribution in [1.29, 1.82) is 0 Å². The summed E-state index contributed by atoms with van der Waals surface area (Å²) in [7, 11) is 1.98. The molecule has 0 spiro atoms. The molecule has 0 atom stereocenters. The Kier molecular flexibility index (Phi) is 5.50. The fourth-order valence-electron chi connectivity index (χ4n) is 1.79. The SMILES string of the molecule is C=C(C)C(=O)OCCNC(Sc1nccn1C)=C1CCC1. The van der Waals surface area contributed by atoms with Gasteiger partial charge in [0.05, 0.1) is 5.03 Å². The van der Waals surface area contributed by atoms with Gasteiger partial charge in [0.15, 0.2) is 5.16 Å². The van der Waals surface area contributed by atoms with Crippen LogP contribution in [-0.4, -0.2) is 28.7 Å². The summed E-state index contributed by atoms with van der Waals surface area (Å²) in [4.78, 5) is 15.6. The Morgan fingerprint density at radius 3 is 2.86 bits per heavy atom. The first kappa shape index (κ1) is 15.7. The molecule has 1 fully saturated rings. The van der Waals surface area contributed by atoms with E-state index in [9.17, 15) is 4.79 Å². The van der Waals surface area contributed by atoms with Crippen molar-refractivity contribution in [2.45, 2.75) is 31.3 Å². The van der Waals surface area contributed by atoms with Crippen LogP contribution >= 0.6 is 11.8 Å². The van der Waals surface area contributed by atoms with E-state index < -0.39 is 0 Å². The first-order valence-corrected chi connectivity index (χ1v) is 7.83. The van der Waals surface area contributed by atoms with Crippen molar-refractivity contribution in [3.63, 3.8) is 0 Å². The van der Waals surface area contributed by atoms with Gasteiger partial charge in [-0.1, -0.05) is 6.58 Å². The van der Waals surface area contributed by atoms with Crippen LogP contribution in [0, 0.1) is 0 Å². The van der Waals surface area contributed by atoms with Gasteiger partial charge in [0.2, 0.25) is 0 Å². The lowest BCUT2D eigenvalue weighted by Crippen LogP contribution is -2.22. The quantitative estimate of drug-likeness (QED) is 0.363. The van der Waals surface area contributed by atoms with Crippen LogP contribution in [0.1, 0.15) is 26.2 Å². The molecule has 0 amide bonds. The third-order valence-corrected chi connectivity index (χ3v) is 4.43. The van der Waals surface area contributed by atoms with Crippen molar-refractivity contribution in [1.82, 2.24) is 14.9 Å². The number of carbonyl (C=O) groups excluding carboxylic acids is 1. The lowest BCUT2D eigenvalue weighted by Gasteiger charge is -2.22. The fraction of sp³-hybridized carbons (Fsp3) is 0.467. The summed E-state index contributed by atoms with van der Waals surface area (Å²) in [5.74, 6) is -0.341. The Morgan fingerprint density at radius 1 is 1.57 bits per heavy atom. The first-order chi connectivity index (χ1) is 10.1. The zero-order chi connectivity index (χ0) is 15.2. The number of allylic oxidation sites excluding steroid dienone is 1. The molecule has 5 nitrogen and oxygen atoms in total. The second-order valence-electron chi connectivity index (χ2n) is 5.05. The summed E-state index contributed by atoms with van der Waals surface area (Å²) in [5, 5.41) is 5.46. The van der Waals surface area contributed by atoms with Gasteiger partial charge in [0.25, 0.3) is 0 Å². The number of imidazole rings is 1. The molecular weight excluding hydrogens is 286 g/mol. The predicted octanol–water partition coefficient (Wildman–Crippen LogP) is 2.62. The van der Waals surface area contributed by atoms with Gasteiger partial charge in [-0.3, -0.25) is 0 Å². The zero-order valence-electron chi connectivity index (χ0n) is 12.5. The highest BCUT2D eigenvalue weighted by atomic mass is 32.2. The highest BCUT2D eigenvalue weighted by molar-refractivity contribution is 8.02. The van der Waals surface area contributed by atoms with E-state index >= 15 is 0 Å². The Hall–Kier alpha value is -1.69. The maximum atomic E-state index is 11.3. The predicted molar refractivity (Wildman–Crippen MR) is 83.7 cm³/mol. The van der Waals surface area contributed by atoms with Crippen LogP contribution in [0.15, 0.2) is 40.3 Å². The van der Waals surface area contributed by atoms with Crippen LogP contribution < -0.4 is 5.32 Å². The second kappa shape index (κ2) is 7.36. The molecule has 114 valence electrons. The molecule has 1 aromatic heterocycles. The zero-order valence-corrected chi connectivity index (χ0v) is 13.3. The van der Waals surface area contributed by atoms with Gasteiger partial charge in [-0.2, -0.15) is 0 Å². The molecule has 0 bridgehead atoms. The Balaban J connectivity index is 1.86. The molecule has 0 unspecified atom stereocenters. The monoisotopic (exact) mass is 307 g/mol. The van der Waals surface area contributed by atoms with E-state index in [1.807, 2.05) is 17.8 Å². The number of hydrogen-bond donors (Lipinski definition) is 1. The van der Waals surface area contributed by atoms with Crippen molar-refractivity contribution in [2.75, 3.05) is 13.2 Å². The van der Waals surface area contributed by atoms with Crippen molar-refractivity contribution in [2.24, 2.45) is 7.05 Å². The molecule has 1 N–H and O–H groups in total. The first-order valence-electron chi connectivity index (χ1n) is 7.01. The number of carbonyl (C=O) groups is 1. The second-order valence-corrected chi connectivity index (χ2v) is 6.03. The number of ether oxygens (including phenoxy) is 1. The molecular formula is C15H21N3O2S. The third kappa shape index (κ3) is 4.39. The van der Waals surface area contributed by atoms with Crippen molar-refractivity contribution in [3.8, 4) is 0 Å². The molecule has 0 saturated heterocycles. The van der Waals surface area contributed by atoms with E-state index in [-0.39, 0.29) is 5.97 Å². The molecule has 2 rings (SSSR count). The van der Waals surface area contributed by atoms with Gasteiger partial charge in [0, 0.05) is 31.6 Å². The van der Waals surface area contributed by atoms with Crippen molar-refractivity contribution < 1.29 is 9.53 Å². The minimum atomic E-state index is -0.341. The van der Waals surface area contributed by atoms with Gasteiger partial charge < -0.3 is 14.6 Å².